The van der Waals surface area contributed by atoms with Crippen LogP contribution in [0.4, 0.5) is 13.2 Å². The summed E-state index contributed by atoms with van der Waals surface area (Å²) in [4.78, 5) is 15.1. The lowest BCUT2D eigenvalue weighted by atomic mass is 10.2. The van der Waals surface area contributed by atoms with Crippen molar-refractivity contribution >= 4 is 0 Å². The highest BCUT2D eigenvalue weighted by Crippen LogP contribution is 2.33. The average molecular weight is 397 g/mol. The number of hydrogen-bond donors (Lipinski definition) is 1. The molecule has 0 aliphatic rings. The largest absolute Gasteiger partial charge is 0.503 e. The monoisotopic (exact) mass is 397 g/mol. The molecule has 0 bridgehead atoms. The van der Waals surface area contributed by atoms with Gasteiger partial charge in [-0.3, -0.25) is 4.79 Å². The van der Waals surface area contributed by atoms with Crippen LogP contribution in [-0.4, -0.2) is 19.5 Å². The van der Waals surface area contributed by atoms with Crippen LogP contribution in [0.15, 0.2) is 71.9 Å². The second-order valence-electron chi connectivity index (χ2n) is 6.11. The summed E-state index contributed by atoms with van der Waals surface area (Å²) >= 11 is 0. The fraction of sp³-hybridized carbons (Fsp3) is 0.0500. The van der Waals surface area contributed by atoms with Crippen LogP contribution in [0.2, 0.25) is 0 Å². The van der Waals surface area contributed by atoms with E-state index >= 15 is 0 Å². The topological polar surface area (TPSA) is 74.2 Å². The molecule has 0 amide bonds. The van der Waals surface area contributed by atoms with Crippen LogP contribution in [0.25, 0.3) is 22.6 Å². The molecule has 0 radical (unpaired) electrons. The summed E-state index contributed by atoms with van der Waals surface area (Å²) in [6, 6.07) is 11.3. The van der Waals surface area contributed by atoms with Gasteiger partial charge in [0.2, 0.25) is 5.43 Å². The number of pyridine rings is 1. The molecule has 1 N–H and O–H groups in total. The van der Waals surface area contributed by atoms with Crippen molar-refractivity contribution in [2.75, 3.05) is 0 Å². The molecule has 0 saturated carbocycles. The van der Waals surface area contributed by atoms with Gasteiger partial charge >= 0.3 is 18.6 Å². The molecule has 0 atom stereocenters. The number of aromatic hydroxyl groups is 1. The van der Waals surface area contributed by atoms with Crippen molar-refractivity contribution in [1.82, 2.24) is 14.3 Å². The van der Waals surface area contributed by atoms with Gasteiger partial charge in [0.15, 0.2) is 5.75 Å². The third-order valence-electron chi connectivity index (χ3n) is 4.18. The van der Waals surface area contributed by atoms with Crippen LogP contribution < -0.4 is 10.4 Å². The molecule has 3 aromatic heterocycles. The van der Waals surface area contributed by atoms with Crippen LogP contribution >= 0.6 is 0 Å². The standard InChI is InChI=1S/C20H11F3N4O2/c21-20(22,23)19-10-16(13-2-1-8-24-11-13)25-27(19)15-5-3-14(4-6-15)26-9-7-17(28)18(29)12-26/h1-10,12H/p+1. The molecule has 0 spiro atoms. The second-order valence-corrected chi connectivity index (χ2v) is 6.11. The zero-order valence-electron chi connectivity index (χ0n) is 14.6. The van der Waals surface area contributed by atoms with Gasteiger partial charge in [-0.1, -0.05) is 0 Å². The molecule has 9 heteroatoms. The van der Waals surface area contributed by atoms with Gasteiger partial charge < -0.3 is 9.67 Å². The number of nitrogens with zero attached hydrogens (tertiary/aromatic N) is 4. The van der Waals surface area contributed by atoms with Crippen molar-refractivity contribution in [2.45, 2.75) is 6.18 Å². The summed E-state index contributed by atoms with van der Waals surface area (Å²) in [5.74, 6) is -0.430. The van der Waals surface area contributed by atoms with Crippen molar-refractivity contribution in [3.05, 3.63) is 89.2 Å². The molecule has 29 heavy (non-hydrogen) atoms. The first kappa shape index (κ1) is 18.3. The maximum absolute atomic E-state index is 13.5. The Bertz CT molecular complexity index is 1210. The number of halogens is 3. The predicted molar refractivity (Wildman–Crippen MR) is 95.7 cm³/mol. The minimum absolute atomic E-state index is 0.0971. The second kappa shape index (κ2) is 6.83. The lowest BCUT2D eigenvalue weighted by Crippen LogP contribution is -2.13. The van der Waals surface area contributed by atoms with E-state index in [4.69, 9.17) is 0 Å². The maximum atomic E-state index is 13.5. The van der Waals surface area contributed by atoms with Gasteiger partial charge in [0.1, 0.15) is 17.0 Å². The Labute approximate surface area is 162 Å². The summed E-state index contributed by atoms with van der Waals surface area (Å²) < 4.78 is 42.9. The van der Waals surface area contributed by atoms with Gasteiger partial charge in [0, 0.05) is 24.0 Å². The first-order valence-electron chi connectivity index (χ1n) is 8.35. The molecule has 6 nitrogen and oxygen atoms in total. The van der Waals surface area contributed by atoms with Crippen molar-refractivity contribution in [3.8, 4) is 28.4 Å². The Morgan fingerprint density at radius 1 is 1.07 bits per heavy atom. The van der Waals surface area contributed by atoms with E-state index in [0.29, 0.717) is 11.3 Å². The molecule has 0 aliphatic carbocycles. The summed E-state index contributed by atoms with van der Waals surface area (Å²) in [6.07, 6.45) is 2.15. The van der Waals surface area contributed by atoms with Crippen LogP contribution in [-0.2, 0) is 6.18 Å². The first-order valence-corrected chi connectivity index (χ1v) is 8.35. The fourth-order valence-electron chi connectivity index (χ4n) is 2.78. The fourth-order valence-corrected chi connectivity index (χ4v) is 2.78. The average Bonchev–Trinajstić information content (AvgIpc) is 3.17. The summed E-state index contributed by atoms with van der Waals surface area (Å²) in [7, 11) is 0. The Hall–Kier alpha value is -4.06. The predicted octanol–water partition coefficient (Wildman–Crippen LogP) is 2.81. The Kier molecular flexibility index (Phi) is 4.31. The smallest absolute Gasteiger partial charge is 0.433 e. The summed E-state index contributed by atoms with van der Waals surface area (Å²) in [5, 5.41) is 13.6. The highest BCUT2D eigenvalue weighted by Gasteiger charge is 2.36. The highest BCUT2D eigenvalue weighted by molar-refractivity contribution is 5.57. The van der Waals surface area contributed by atoms with Crippen molar-refractivity contribution in [1.29, 1.82) is 0 Å². The molecule has 3 heterocycles. The summed E-state index contributed by atoms with van der Waals surface area (Å²) in [6.45, 7) is 0. The quantitative estimate of drug-likeness (QED) is 0.577. The SMILES string of the molecule is O=c1ccn(-c2ccc(-n3nc(-c4c#[n+]ccc4)cc3C(F)(F)F)cc2)cc1O. The molecule has 0 fully saturated rings. The molecule has 4 aromatic rings. The van der Waals surface area contributed by atoms with Crippen LogP contribution in [0.3, 0.4) is 0 Å². The van der Waals surface area contributed by atoms with E-state index in [1.807, 2.05) is 0 Å². The van der Waals surface area contributed by atoms with E-state index in [0.717, 1.165) is 10.7 Å². The van der Waals surface area contributed by atoms with Crippen molar-refractivity contribution < 1.29 is 23.3 Å². The van der Waals surface area contributed by atoms with Crippen molar-refractivity contribution in [3.63, 3.8) is 0 Å². The molecule has 0 unspecified atom stereocenters. The Balaban J connectivity index is 1.77. The first-order chi connectivity index (χ1) is 13.8. The lowest BCUT2D eigenvalue weighted by Gasteiger charge is -2.11. The number of hydrogen-bond acceptors (Lipinski definition) is 3. The van der Waals surface area contributed by atoms with Crippen LogP contribution in [0, 0.1) is 6.20 Å². The Morgan fingerprint density at radius 2 is 1.79 bits per heavy atom. The van der Waals surface area contributed by atoms with E-state index < -0.39 is 23.0 Å². The van der Waals surface area contributed by atoms with E-state index in [1.165, 1.54) is 41.4 Å². The minimum Gasteiger partial charge on any atom is -0.503 e. The van der Waals surface area contributed by atoms with Gasteiger partial charge in [0.05, 0.1) is 11.9 Å². The molecular weight excluding hydrogens is 385 g/mol. The lowest BCUT2D eigenvalue weighted by molar-refractivity contribution is -0.293. The van der Waals surface area contributed by atoms with Crippen LogP contribution in [0.1, 0.15) is 5.69 Å². The zero-order valence-corrected chi connectivity index (χ0v) is 14.6. The number of benzene rings is 1. The number of rotatable bonds is 3. The van der Waals surface area contributed by atoms with E-state index in [9.17, 15) is 23.1 Å². The van der Waals surface area contributed by atoms with E-state index in [2.05, 4.69) is 16.3 Å². The number of aromatic nitrogens is 4. The molecule has 1 aromatic carbocycles. The van der Waals surface area contributed by atoms with Gasteiger partial charge in [-0.15, -0.1) is 0 Å². The molecular formula is C20H12F3N4O2+. The molecule has 0 saturated heterocycles. The molecule has 0 aliphatic heterocycles. The zero-order chi connectivity index (χ0) is 20.6. The van der Waals surface area contributed by atoms with Gasteiger partial charge in [-0.2, -0.15) is 18.3 Å². The third-order valence-corrected chi connectivity index (χ3v) is 4.18. The van der Waals surface area contributed by atoms with Gasteiger partial charge in [-0.05, 0) is 41.4 Å². The highest BCUT2D eigenvalue weighted by atomic mass is 19.4. The third kappa shape index (κ3) is 3.55. The molecule has 4 rings (SSSR count). The molecule has 144 valence electrons. The normalized spacial score (nSPS) is 11.3. The minimum atomic E-state index is -4.61. The van der Waals surface area contributed by atoms with Crippen molar-refractivity contribution in [2.24, 2.45) is 0 Å². The van der Waals surface area contributed by atoms with Gasteiger partial charge in [-0.25, -0.2) is 4.68 Å². The van der Waals surface area contributed by atoms with Gasteiger partial charge in [0.25, 0.3) is 0 Å². The van der Waals surface area contributed by atoms with E-state index in [1.54, 1.807) is 24.3 Å². The van der Waals surface area contributed by atoms with Crippen LogP contribution in [0.5, 0.6) is 5.75 Å². The maximum Gasteiger partial charge on any atom is 0.433 e. The van der Waals surface area contributed by atoms with E-state index in [-0.39, 0.29) is 11.4 Å². The number of alkyl halides is 3. The Morgan fingerprint density at radius 3 is 2.41 bits per heavy atom. The summed E-state index contributed by atoms with van der Waals surface area (Å²) in [5.41, 5.74) is -0.272.